The number of allylic oxidation sites excluding steroid dienone is 8. The van der Waals surface area contributed by atoms with Gasteiger partial charge in [-0.3, -0.25) is 0 Å². The van der Waals surface area contributed by atoms with Gasteiger partial charge < -0.3 is 19.6 Å². The smallest absolute Gasteiger partial charge is 0.566 e. The van der Waals surface area contributed by atoms with E-state index in [4.69, 9.17) is 0 Å². The molecule has 522 valence electrons. The average Bonchev–Trinajstić information content (AvgIpc) is 3.50. The van der Waals surface area contributed by atoms with Crippen molar-refractivity contribution in [3.8, 4) is 0 Å². The summed E-state index contributed by atoms with van der Waals surface area (Å²) in [6.07, 6.45) is 89.1. The van der Waals surface area contributed by atoms with Crippen LogP contribution in [0.15, 0.2) is 48.6 Å². The van der Waals surface area contributed by atoms with Crippen LogP contribution in [-0.4, -0.2) is 26.4 Å². The summed E-state index contributed by atoms with van der Waals surface area (Å²) in [6.45, 7) is 10.4. The molecule has 0 spiro atoms. The van der Waals surface area contributed by atoms with Crippen LogP contribution in [0.2, 0.25) is 0 Å². The Bertz CT molecular complexity index is 1290. The summed E-state index contributed by atoms with van der Waals surface area (Å²) in [7, 11) is -10.6. The van der Waals surface area contributed by atoms with E-state index in [1.165, 1.54) is 308 Å². The Morgan fingerprint density at radius 3 is 0.438 bits per heavy atom. The van der Waals surface area contributed by atoms with Crippen LogP contribution in [0.3, 0.4) is 0 Å². The fourth-order valence-corrected chi connectivity index (χ4v) is 11.1. The molecule has 89 heavy (non-hydrogen) atoms. The number of hydrogen-bond acceptors (Lipinski definition) is 12. The van der Waals surface area contributed by atoms with Gasteiger partial charge in [-0.05, 0) is 147 Å². The van der Waals surface area contributed by atoms with E-state index in [0.29, 0.717) is 26.4 Å². The molecule has 4 atom stereocenters. The van der Waals surface area contributed by atoms with E-state index in [1.807, 2.05) is 0 Å². The van der Waals surface area contributed by atoms with Crippen LogP contribution in [0.1, 0.15) is 387 Å². The van der Waals surface area contributed by atoms with Gasteiger partial charge in [0.15, 0.2) is 0 Å². The van der Waals surface area contributed by atoms with E-state index in [-0.39, 0.29) is 21.1 Å². The van der Waals surface area contributed by atoms with Crippen molar-refractivity contribution in [3.05, 3.63) is 48.6 Å². The SMILES string of the molecule is CCCCCCCCC=CCCCCCCCCO[P+](=O)[O-].CCCCCCCCC=CCCCCCCCCO[P+](=O)[O-].CCCCCCCCC=CCCCCCCCCO[P+](=O)[O-].CCCCCCCCC=CCCCCCCCCO[P+](=O)[O-].[Mo+4]. The summed E-state index contributed by atoms with van der Waals surface area (Å²) in [4.78, 5) is 40.7. The zero-order valence-electron chi connectivity index (χ0n) is 58.1. The van der Waals surface area contributed by atoms with E-state index in [9.17, 15) is 37.8 Å². The summed E-state index contributed by atoms with van der Waals surface area (Å²) in [5.41, 5.74) is 0. The van der Waals surface area contributed by atoms with Gasteiger partial charge in [0.1, 0.15) is 26.4 Å². The summed E-state index contributed by atoms with van der Waals surface area (Å²) < 4.78 is 58.7. The molecule has 0 saturated heterocycles. The molecule has 0 amide bonds. The molecule has 0 saturated carbocycles. The van der Waals surface area contributed by atoms with Gasteiger partial charge in [-0.15, -0.1) is 18.1 Å². The monoisotopic (exact) mass is 1420 g/mol. The molecule has 0 aromatic carbocycles. The largest absolute Gasteiger partial charge is 4.00 e. The van der Waals surface area contributed by atoms with E-state index in [2.05, 4.69) is 94.4 Å². The van der Waals surface area contributed by atoms with Crippen LogP contribution in [0.25, 0.3) is 0 Å². The van der Waals surface area contributed by atoms with Gasteiger partial charge in [0, 0.05) is 0 Å². The molecule has 0 aromatic rings. The predicted octanol–water partition coefficient (Wildman–Crippen LogP) is 24.2. The van der Waals surface area contributed by atoms with Gasteiger partial charge in [0.2, 0.25) is 0 Å². The average molecular weight is 1420 g/mol. The molecule has 0 bridgehead atoms. The third-order valence-electron chi connectivity index (χ3n) is 15.4. The van der Waals surface area contributed by atoms with Gasteiger partial charge in [-0.2, -0.15) is 0 Å². The van der Waals surface area contributed by atoms with Crippen LogP contribution in [0.5, 0.6) is 0 Å². The van der Waals surface area contributed by atoms with Gasteiger partial charge in [-0.1, -0.05) is 307 Å². The van der Waals surface area contributed by atoms with Crippen LogP contribution >= 0.6 is 33.0 Å². The van der Waals surface area contributed by atoms with Crippen molar-refractivity contribution >= 4 is 33.0 Å². The predicted molar refractivity (Wildman–Crippen MR) is 372 cm³/mol. The molecule has 0 aliphatic carbocycles. The fourth-order valence-electron chi connectivity index (χ4n) is 9.95. The Morgan fingerprint density at radius 1 is 0.202 bits per heavy atom. The molecule has 12 nitrogen and oxygen atoms in total. The first kappa shape index (κ1) is 97.4. The molecule has 0 aliphatic rings. The molecule has 0 heterocycles. The maximum atomic E-state index is 10.2. The standard InChI is InChI=1S/4C18H35O3P.Mo/c4*1-2-3-4-5-6-7-8-9-10-11-12-13-14-15-16-17-18-21-22(19)20;/h4*9-10H,2-8,11-18H2,1H3;/q;;;;+4. The molecular formula is C72H140MoO12P4+4. The number of rotatable bonds is 68. The zero-order valence-corrected chi connectivity index (χ0v) is 63.7. The summed E-state index contributed by atoms with van der Waals surface area (Å²) in [5, 5.41) is 0. The second kappa shape index (κ2) is 94.1. The zero-order chi connectivity index (χ0) is 65.2. The Balaban J connectivity index is -0.000000351. The molecule has 0 aromatic heterocycles. The number of hydrogen-bond donors (Lipinski definition) is 0. The molecule has 0 aliphatic heterocycles. The van der Waals surface area contributed by atoms with Crippen molar-refractivity contribution < 1.29 is 77.0 Å². The quantitative estimate of drug-likeness (QED) is 0.0242. The van der Waals surface area contributed by atoms with Crippen molar-refractivity contribution in [2.75, 3.05) is 26.4 Å². The van der Waals surface area contributed by atoms with Crippen LogP contribution in [-0.2, 0) is 57.4 Å². The molecule has 0 N–H and O–H groups in total. The topological polar surface area (TPSA) is 197 Å². The number of unbranched alkanes of at least 4 members (excludes halogenated alkanes) is 48. The summed E-state index contributed by atoms with van der Waals surface area (Å²) in [6, 6.07) is 0. The van der Waals surface area contributed by atoms with E-state index >= 15 is 0 Å². The molecule has 0 rings (SSSR count). The third-order valence-corrected chi connectivity index (χ3v) is 17.0. The first-order valence-corrected chi connectivity index (χ1v) is 41.2. The molecule has 4 unspecified atom stereocenters. The van der Waals surface area contributed by atoms with Gasteiger partial charge in [0.05, 0.1) is 0 Å². The van der Waals surface area contributed by atoms with Crippen molar-refractivity contribution in [2.24, 2.45) is 0 Å². The first-order valence-electron chi connectivity index (χ1n) is 36.8. The van der Waals surface area contributed by atoms with E-state index in [1.54, 1.807) is 0 Å². The van der Waals surface area contributed by atoms with Crippen molar-refractivity contribution in [1.82, 2.24) is 0 Å². The van der Waals surface area contributed by atoms with E-state index in [0.717, 1.165) is 51.4 Å². The van der Waals surface area contributed by atoms with Crippen LogP contribution < -0.4 is 19.6 Å². The maximum Gasteiger partial charge on any atom is 4.00 e. The van der Waals surface area contributed by atoms with Crippen molar-refractivity contribution in [1.29, 1.82) is 0 Å². The molecule has 0 radical (unpaired) electrons. The Labute approximate surface area is 568 Å². The minimum absolute atomic E-state index is 0. The maximum absolute atomic E-state index is 10.2. The van der Waals surface area contributed by atoms with Gasteiger partial charge in [0.25, 0.3) is 0 Å². The third kappa shape index (κ3) is 112. The fraction of sp³-hybridized carbons (Fsp3) is 0.889. The normalized spacial score (nSPS) is 12.0. The van der Waals surface area contributed by atoms with Crippen molar-refractivity contribution in [3.63, 3.8) is 0 Å². The minimum Gasteiger partial charge on any atom is -0.566 e. The Morgan fingerprint density at radius 2 is 0.315 bits per heavy atom. The van der Waals surface area contributed by atoms with Gasteiger partial charge in [-0.25, -0.2) is 0 Å². The second-order valence-corrected chi connectivity index (χ2v) is 26.8. The molecule has 0 fully saturated rings. The summed E-state index contributed by atoms with van der Waals surface area (Å²) in [5.74, 6) is 0. The Hall–Kier alpha value is -0.272. The first-order chi connectivity index (χ1) is 43.1. The van der Waals surface area contributed by atoms with Crippen LogP contribution in [0.4, 0.5) is 0 Å². The summed E-state index contributed by atoms with van der Waals surface area (Å²) >= 11 is 0. The second-order valence-electron chi connectivity index (χ2n) is 24.0. The van der Waals surface area contributed by atoms with E-state index < -0.39 is 33.0 Å². The van der Waals surface area contributed by atoms with Crippen LogP contribution in [0, 0.1) is 0 Å². The van der Waals surface area contributed by atoms with Gasteiger partial charge >= 0.3 is 54.1 Å². The molecular weight excluding hydrogens is 1280 g/mol. The Kier molecular flexibility index (Phi) is 103. The minimum atomic E-state index is -2.65. The molecule has 17 heteroatoms. The van der Waals surface area contributed by atoms with Crippen molar-refractivity contribution in [2.45, 2.75) is 387 Å².